The minimum atomic E-state index is -0.458. The number of ether oxygens (including phenoxy) is 3. The van der Waals surface area contributed by atoms with Crippen molar-refractivity contribution < 1.29 is 23.8 Å². The Kier molecular flexibility index (Phi) is 6.57. The van der Waals surface area contributed by atoms with Crippen LogP contribution >= 0.6 is 11.3 Å². The van der Waals surface area contributed by atoms with E-state index in [4.69, 9.17) is 14.2 Å². The highest BCUT2D eigenvalue weighted by molar-refractivity contribution is 7.14. The Balaban J connectivity index is 1.58. The highest BCUT2D eigenvalue weighted by Gasteiger charge is 2.23. The number of methoxy groups -OCH3 is 2. The van der Waals surface area contributed by atoms with E-state index in [2.05, 4.69) is 12.2 Å². The summed E-state index contributed by atoms with van der Waals surface area (Å²) < 4.78 is 15.6. The van der Waals surface area contributed by atoms with Gasteiger partial charge < -0.3 is 19.5 Å². The van der Waals surface area contributed by atoms with Gasteiger partial charge in [-0.2, -0.15) is 0 Å². The summed E-state index contributed by atoms with van der Waals surface area (Å²) in [5, 5.41) is 2.69. The number of nitrogens with one attached hydrogen (secondary N) is 1. The molecule has 0 aliphatic heterocycles. The van der Waals surface area contributed by atoms with E-state index in [1.165, 1.54) is 35.3 Å². The average Bonchev–Trinajstić information content (AvgIpc) is 3.15. The van der Waals surface area contributed by atoms with Crippen molar-refractivity contribution in [3.8, 4) is 11.5 Å². The van der Waals surface area contributed by atoms with Crippen molar-refractivity contribution in [2.75, 3.05) is 26.1 Å². The summed E-state index contributed by atoms with van der Waals surface area (Å²) in [4.78, 5) is 26.4. The molecule has 1 aromatic heterocycles. The first-order valence-electron chi connectivity index (χ1n) is 9.34. The molecule has 0 bridgehead atoms. The highest BCUT2D eigenvalue weighted by atomic mass is 32.1. The number of aryl methyl sites for hydroxylation is 1. The highest BCUT2D eigenvalue weighted by Crippen LogP contribution is 2.34. The van der Waals surface area contributed by atoms with Crippen molar-refractivity contribution in [3.63, 3.8) is 0 Å². The Morgan fingerprint density at radius 3 is 2.75 bits per heavy atom. The first kappa shape index (κ1) is 20.2. The monoisotopic (exact) mass is 403 g/mol. The number of benzene rings is 1. The minimum Gasteiger partial charge on any atom is -0.497 e. The van der Waals surface area contributed by atoms with E-state index in [0.717, 1.165) is 19.3 Å². The molecule has 1 atom stereocenters. The molecular weight excluding hydrogens is 378 g/mol. The van der Waals surface area contributed by atoms with Gasteiger partial charge in [-0.3, -0.25) is 4.79 Å². The summed E-state index contributed by atoms with van der Waals surface area (Å²) in [5.74, 6) is 0.876. The van der Waals surface area contributed by atoms with Gasteiger partial charge in [0.2, 0.25) is 0 Å². The normalized spacial score (nSPS) is 15.5. The molecule has 0 unspecified atom stereocenters. The molecule has 28 heavy (non-hydrogen) atoms. The minimum absolute atomic E-state index is 0.362. The number of anilines is 1. The van der Waals surface area contributed by atoms with Gasteiger partial charge in [0.05, 0.1) is 19.9 Å². The lowest BCUT2D eigenvalue weighted by molar-refractivity contribution is -0.119. The van der Waals surface area contributed by atoms with Crippen LogP contribution in [-0.4, -0.2) is 32.7 Å². The van der Waals surface area contributed by atoms with Crippen LogP contribution in [0.15, 0.2) is 24.3 Å². The van der Waals surface area contributed by atoms with Crippen molar-refractivity contribution in [2.24, 2.45) is 5.92 Å². The van der Waals surface area contributed by atoms with Crippen LogP contribution in [0.5, 0.6) is 11.5 Å². The Morgan fingerprint density at radius 2 is 2.04 bits per heavy atom. The predicted octanol–water partition coefficient (Wildman–Crippen LogP) is 4.08. The quantitative estimate of drug-likeness (QED) is 0.705. The van der Waals surface area contributed by atoms with Gasteiger partial charge >= 0.3 is 5.97 Å². The van der Waals surface area contributed by atoms with Crippen LogP contribution < -0.4 is 14.8 Å². The summed E-state index contributed by atoms with van der Waals surface area (Å²) in [6.45, 7) is 1.84. The number of rotatable bonds is 7. The van der Waals surface area contributed by atoms with Gasteiger partial charge in [-0.05, 0) is 48.9 Å². The maximum Gasteiger partial charge on any atom is 0.348 e. The van der Waals surface area contributed by atoms with Gasteiger partial charge in [0.15, 0.2) is 6.61 Å². The zero-order chi connectivity index (χ0) is 20.1. The van der Waals surface area contributed by atoms with Gasteiger partial charge in [0.1, 0.15) is 16.4 Å². The van der Waals surface area contributed by atoms with Crippen molar-refractivity contribution in [3.05, 3.63) is 39.6 Å². The molecule has 1 amide bonds. The van der Waals surface area contributed by atoms with Gasteiger partial charge in [0, 0.05) is 10.9 Å². The van der Waals surface area contributed by atoms with E-state index in [1.807, 2.05) is 6.07 Å². The summed E-state index contributed by atoms with van der Waals surface area (Å²) in [6.07, 6.45) is 4.36. The molecule has 0 fully saturated rings. The summed E-state index contributed by atoms with van der Waals surface area (Å²) in [5.41, 5.74) is 1.71. The fourth-order valence-corrected chi connectivity index (χ4v) is 4.45. The second-order valence-electron chi connectivity index (χ2n) is 6.77. The second kappa shape index (κ2) is 9.10. The van der Waals surface area contributed by atoms with Crippen molar-refractivity contribution >= 4 is 28.9 Å². The van der Waals surface area contributed by atoms with Crippen molar-refractivity contribution in [1.29, 1.82) is 0 Å². The molecule has 0 saturated heterocycles. The summed E-state index contributed by atoms with van der Waals surface area (Å²) in [7, 11) is 3.05. The zero-order valence-corrected chi connectivity index (χ0v) is 17.2. The van der Waals surface area contributed by atoms with Gasteiger partial charge in [-0.1, -0.05) is 13.3 Å². The van der Waals surface area contributed by atoms with Gasteiger partial charge in [0.25, 0.3) is 5.91 Å². The predicted molar refractivity (Wildman–Crippen MR) is 109 cm³/mol. The molecule has 0 radical (unpaired) electrons. The molecule has 6 nitrogen and oxygen atoms in total. The van der Waals surface area contributed by atoms with Crippen LogP contribution in [-0.2, 0) is 22.4 Å². The fraction of sp³-hybridized carbons (Fsp3) is 0.429. The lowest BCUT2D eigenvalue weighted by Crippen LogP contribution is -2.21. The van der Waals surface area contributed by atoms with E-state index in [0.29, 0.717) is 28.0 Å². The van der Waals surface area contributed by atoms with Crippen molar-refractivity contribution in [2.45, 2.75) is 32.6 Å². The second-order valence-corrected chi connectivity index (χ2v) is 7.90. The molecular formula is C21H25NO5S. The average molecular weight is 404 g/mol. The standard InChI is InChI=1S/C21H25NO5S/c1-4-13-5-8-18-14(9-13)10-19(28-18)21(24)27-12-20(23)22-16-11-15(25-2)6-7-17(16)26-3/h6-7,10-11,13H,4-5,8-9,12H2,1-3H3,(H,22,23)/t13-/m0/s1. The van der Waals surface area contributed by atoms with E-state index in [1.54, 1.807) is 25.3 Å². The number of carbonyl (C=O) groups is 2. The molecule has 7 heteroatoms. The molecule has 1 N–H and O–H groups in total. The van der Waals surface area contributed by atoms with Crippen LogP contribution in [0.25, 0.3) is 0 Å². The topological polar surface area (TPSA) is 73.9 Å². The Labute approximate surface area is 168 Å². The fourth-order valence-electron chi connectivity index (χ4n) is 3.35. The van der Waals surface area contributed by atoms with Crippen LogP contribution in [0.2, 0.25) is 0 Å². The van der Waals surface area contributed by atoms with E-state index in [-0.39, 0.29) is 6.61 Å². The Bertz CT molecular complexity index is 860. The third-order valence-corrected chi connectivity index (χ3v) is 6.20. The van der Waals surface area contributed by atoms with Crippen LogP contribution in [0.4, 0.5) is 5.69 Å². The lowest BCUT2D eigenvalue weighted by Gasteiger charge is -2.19. The third-order valence-electron chi connectivity index (χ3n) is 4.98. The van der Waals surface area contributed by atoms with E-state index < -0.39 is 11.9 Å². The molecule has 1 heterocycles. The largest absolute Gasteiger partial charge is 0.497 e. The molecule has 150 valence electrons. The Hall–Kier alpha value is -2.54. The maximum absolute atomic E-state index is 12.4. The van der Waals surface area contributed by atoms with Crippen molar-refractivity contribution in [1.82, 2.24) is 0 Å². The zero-order valence-electron chi connectivity index (χ0n) is 16.4. The number of hydrogen-bond acceptors (Lipinski definition) is 6. The summed E-state index contributed by atoms with van der Waals surface area (Å²) >= 11 is 1.48. The summed E-state index contributed by atoms with van der Waals surface area (Å²) in [6, 6.07) is 7.00. The first-order chi connectivity index (χ1) is 13.5. The smallest absolute Gasteiger partial charge is 0.348 e. The number of thiophene rings is 1. The first-order valence-corrected chi connectivity index (χ1v) is 10.2. The molecule has 1 aromatic carbocycles. The number of carbonyl (C=O) groups excluding carboxylic acids is 2. The lowest BCUT2D eigenvalue weighted by atomic mass is 9.87. The van der Waals surface area contributed by atoms with E-state index >= 15 is 0 Å². The van der Waals surface area contributed by atoms with Crippen LogP contribution in [0, 0.1) is 5.92 Å². The maximum atomic E-state index is 12.4. The molecule has 1 aliphatic rings. The number of esters is 1. The van der Waals surface area contributed by atoms with Gasteiger partial charge in [-0.15, -0.1) is 11.3 Å². The van der Waals surface area contributed by atoms with Crippen LogP contribution in [0.1, 0.15) is 39.9 Å². The molecule has 0 saturated carbocycles. The number of hydrogen-bond donors (Lipinski definition) is 1. The van der Waals surface area contributed by atoms with Crippen LogP contribution in [0.3, 0.4) is 0 Å². The Morgan fingerprint density at radius 1 is 1.21 bits per heavy atom. The molecule has 1 aliphatic carbocycles. The third kappa shape index (κ3) is 4.65. The molecule has 0 spiro atoms. The SMILES string of the molecule is CC[C@H]1CCc2sc(C(=O)OCC(=O)Nc3cc(OC)ccc3OC)cc2C1. The number of fused-ring (bicyclic) bond motifs is 1. The van der Waals surface area contributed by atoms with Gasteiger partial charge in [-0.25, -0.2) is 4.79 Å². The molecule has 3 rings (SSSR count). The number of amides is 1. The molecule has 2 aromatic rings. The van der Waals surface area contributed by atoms with E-state index in [9.17, 15) is 9.59 Å².